The fourth-order valence-corrected chi connectivity index (χ4v) is 4.79. The van der Waals surface area contributed by atoms with Gasteiger partial charge in [-0.1, -0.05) is 38.1 Å². The second kappa shape index (κ2) is 10.5. The molecule has 31 heavy (non-hydrogen) atoms. The average molecular weight is 427 g/mol. The van der Waals surface area contributed by atoms with Gasteiger partial charge in [0.05, 0.1) is 6.54 Å². The molecule has 5 heteroatoms. The molecule has 0 radical (unpaired) electrons. The van der Waals surface area contributed by atoms with E-state index in [9.17, 15) is 4.79 Å². The number of hydrogen-bond acceptors (Lipinski definition) is 4. The Labute approximate surface area is 187 Å². The SMILES string of the molecule is COCC(=O)N(CC(C)C)CC1CN(Cc2cc(C)c(C)o2)CC1c1ccccc1C. The molecule has 1 amide bonds. The van der Waals surface area contributed by atoms with Crippen molar-refractivity contribution in [2.45, 2.75) is 47.1 Å². The molecule has 2 heterocycles. The van der Waals surface area contributed by atoms with Gasteiger partial charge in [0.1, 0.15) is 18.1 Å². The van der Waals surface area contributed by atoms with E-state index in [2.05, 4.69) is 62.9 Å². The molecule has 1 saturated heterocycles. The molecule has 2 unspecified atom stereocenters. The van der Waals surface area contributed by atoms with Gasteiger partial charge in [-0.2, -0.15) is 0 Å². The van der Waals surface area contributed by atoms with Gasteiger partial charge in [-0.05, 0) is 55.4 Å². The van der Waals surface area contributed by atoms with E-state index >= 15 is 0 Å². The molecule has 0 spiro atoms. The lowest BCUT2D eigenvalue weighted by atomic mass is 9.86. The highest BCUT2D eigenvalue weighted by Gasteiger charge is 2.36. The zero-order chi connectivity index (χ0) is 22.5. The van der Waals surface area contributed by atoms with Gasteiger partial charge in [-0.3, -0.25) is 9.69 Å². The molecule has 170 valence electrons. The van der Waals surface area contributed by atoms with Gasteiger partial charge in [0.25, 0.3) is 0 Å². The largest absolute Gasteiger partial charge is 0.465 e. The first-order valence-corrected chi connectivity index (χ1v) is 11.4. The van der Waals surface area contributed by atoms with Crippen LogP contribution in [0.1, 0.15) is 48.0 Å². The summed E-state index contributed by atoms with van der Waals surface area (Å²) < 4.78 is 11.1. The van der Waals surface area contributed by atoms with Crippen LogP contribution in [0.2, 0.25) is 0 Å². The fourth-order valence-electron chi connectivity index (χ4n) is 4.79. The van der Waals surface area contributed by atoms with Crippen LogP contribution in [0.3, 0.4) is 0 Å². The minimum absolute atomic E-state index is 0.0791. The molecule has 1 aromatic carbocycles. The van der Waals surface area contributed by atoms with E-state index in [0.29, 0.717) is 17.8 Å². The van der Waals surface area contributed by atoms with Gasteiger partial charge >= 0.3 is 0 Å². The van der Waals surface area contributed by atoms with E-state index in [4.69, 9.17) is 9.15 Å². The van der Waals surface area contributed by atoms with Crippen molar-refractivity contribution in [2.24, 2.45) is 11.8 Å². The van der Waals surface area contributed by atoms with Crippen LogP contribution in [0, 0.1) is 32.6 Å². The highest BCUT2D eigenvalue weighted by atomic mass is 16.5. The van der Waals surface area contributed by atoms with E-state index in [-0.39, 0.29) is 12.5 Å². The lowest BCUT2D eigenvalue weighted by Crippen LogP contribution is -2.41. The van der Waals surface area contributed by atoms with Gasteiger partial charge in [0.15, 0.2) is 0 Å². The maximum Gasteiger partial charge on any atom is 0.248 e. The van der Waals surface area contributed by atoms with Gasteiger partial charge < -0.3 is 14.1 Å². The van der Waals surface area contributed by atoms with Crippen LogP contribution in [-0.2, 0) is 16.1 Å². The Hall–Kier alpha value is -2.11. The molecular formula is C26H38N2O3. The number of carbonyl (C=O) groups is 1. The lowest BCUT2D eigenvalue weighted by Gasteiger charge is -2.30. The van der Waals surface area contributed by atoms with E-state index < -0.39 is 0 Å². The molecule has 2 aromatic rings. The number of methoxy groups -OCH3 is 1. The number of benzene rings is 1. The van der Waals surface area contributed by atoms with Crippen LogP contribution in [-0.4, -0.2) is 55.6 Å². The summed E-state index contributed by atoms with van der Waals surface area (Å²) in [5, 5.41) is 0. The number of aryl methyl sites for hydroxylation is 3. The number of hydrogen-bond donors (Lipinski definition) is 0. The second-order valence-corrected chi connectivity index (χ2v) is 9.49. The Balaban J connectivity index is 1.82. The van der Waals surface area contributed by atoms with Crippen molar-refractivity contribution < 1.29 is 13.9 Å². The van der Waals surface area contributed by atoms with Crippen LogP contribution in [0.4, 0.5) is 0 Å². The number of nitrogens with zero attached hydrogens (tertiary/aromatic N) is 2. The number of furan rings is 1. The molecule has 1 aliphatic rings. The van der Waals surface area contributed by atoms with E-state index in [1.165, 1.54) is 16.7 Å². The molecule has 0 bridgehead atoms. The predicted octanol–water partition coefficient (Wildman–Crippen LogP) is 4.55. The Morgan fingerprint density at radius 1 is 1.19 bits per heavy atom. The maximum atomic E-state index is 12.8. The average Bonchev–Trinajstić information content (AvgIpc) is 3.23. The Morgan fingerprint density at radius 3 is 2.55 bits per heavy atom. The monoisotopic (exact) mass is 426 g/mol. The minimum Gasteiger partial charge on any atom is -0.465 e. The zero-order valence-electron chi connectivity index (χ0n) is 20.0. The summed E-state index contributed by atoms with van der Waals surface area (Å²) in [6.07, 6.45) is 0. The van der Waals surface area contributed by atoms with Crippen molar-refractivity contribution in [3.05, 3.63) is 58.5 Å². The molecule has 1 fully saturated rings. The second-order valence-electron chi connectivity index (χ2n) is 9.49. The van der Waals surface area contributed by atoms with Crippen LogP contribution in [0.25, 0.3) is 0 Å². The van der Waals surface area contributed by atoms with Crippen molar-refractivity contribution in [3.63, 3.8) is 0 Å². The number of ether oxygens (including phenoxy) is 1. The van der Waals surface area contributed by atoms with Gasteiger partial charge in [-0.25, -0.2) is 0 Å². The molecular weight excluding hydrogens is 388 g/mol. The summed E-state index contributed by atoms with van der Waals surface area (Å²) in [5.74, 6) is 3.28. The summed E-state index contributed by atoms with van der Waals surface area (Å²) in [6, 6.07) is 10.8. The summed E-state index contributed by atoms with van der Waals surface area (Å²) >= 11 is 0. The van der Waals surface area contributed by atoms with Gasteiger partial charge in [-0.15, -0.1) is 0 Å². The molecule has 5 nitrogen and oxygen atoms in total. The van der Waals surface area contributed by atoms with E-state index in [1.54, 1.807) is 7.11 Å². The zero-order valence-corrected chi connectivity index (χ0v) is 20.0. The van der Waals surface area contributed by atoms with Crippen molar-refractivity contribution in [3.8, 4) is 0 Å². The van der Waals surface area contributed by atoms with Crippen LogP contribution < -0.4 is 0 Å². The van der Waals surface area contributed by atoms with Gasteiger partial charge in [0, 0.05) is 39.2 Å². The molecule has 0 N–H and O–H groups in total. The third-order valence-corrected chi connectivity index (χ3v) is 6.36. The van der Waals surface area contributed by atoms with Crippen molar-refractivity contribution >= 4 is 5.91 Å². The first-order valence-electron chi connectivity index (χ1n) is 11.4. The van der Waals surface area contributed by atoms with Crippen molar-refractivity contribution in [2.75, 3.05) is 39.9 Å². The maximum absolute atomic E-state index is 12.8. The van der Waals surface area contributed by atoms with Crippen LogP contribution in [0.15, 0.2) is 34.7 Å². The topological polar surface area (TPSA) is 45.9 Å². The van der Waals surface area contributed by atoms with Crippen molar-refractivity contribution in [1.29, 1.82) is 0 Å². The fraction of sp³-hybridized carbons (Fsp3) is 0.577. The highest BCUT2D eigenvalue weighted by molar-refractivity contribution is 5.77. The smallest absolute Gasteiger partial charge is 0.248 e. The molecule has 1 aromatic heterocycles. The van der Waals surface area contributed by atoms with Gasteiger partial charge in [0.2, 0.25) is 5.91 Å². The van der Waals surface area contributed by atoms with Crippen LogP contribution in [0.5, 0.6) is 0 Å². The third-order valence-electron chi connectivity index (χ3n) is 6.36. The Kier molecular flexibility index (Phi) is 7.95. The Morgan fingerprint density at radius 2 is 1.94 bits per heavy atom. The van der Waals surface area contributed by atoms with E-state index in [1.807, 2.05) is 11.8 Å². The van der Waals surface area contributed by atoms with E-state index in [0.717, 1.165) is 44.2 Å². The Bertz CT molecular complexity index is 854. The molecule has 1 aliphatic heterocycles. The first kappa shape index (κ1) is 23.6. The number of amides is 1. The normalized spacial score (nSPS) is 19.3. The molecule has 2 atom stereocenters. The minimum atomic E-state index is 0.0791. The number of rotatable bonds is 9. The van der Waals surface area contributed by atoms with Crippen molar-refractivity contribution in [1.82, 2.24) is 9.80 Å². The molecule has 0 aliphatic carbocycles. The summed E-state index contributed by atoms with van der Waals surface area (Å²) in [7, 11) is 1.59. The molecule has 0 saturated carbocycles. The first-order chi connectivity index (χ1) is 14.8. The predicted molar refractivity (Wildman–Crippen MR) is 124 cm³/mol. The highest BCUT2D eigenvalue weighted by Crippen LogP contribution is 2.36. The number of likely N-dealkylation sites (tertiary alicyclic amines) is 1. The van der Waals surface area contributed by atoms with Crippen LogP contribution >= 0.6 is 0 Å². The standard InChI is InChI=1S/C26H38N2O3/c1-18(2)12-28(26(29)17-30-6)14-22-13-27(15-23-11-20(4)21(5)31-23)16-25(22)24-10-8-7-9-19(24)3/h7-11,18,22,25H,12-17H2,1-6H3. The number of carbonyl (C=O) groups excluding carboxylic acids is 1. The summed E-state index contributed by atoms with van der Waals surface area (Å²) in [5.41, 5.74) is 3.92. The summed E-state index contributed by atoms with van der Waals surface area (Å²) in [6.45, 7) is 15.0. The quantitative estimate of drug-likeness (QED) is 0.590. The molecule has 3 rings (SSSR count). The summed E-state index contributed by atoms with van der Waals surface area (Å²) in [4.78, 5) is 17.3. The third kappa shape index (κ3) is 5.98. The lowest BCUT2D eigenvalue weighted by molar-refractivity contribution is -0.136.